The summed E-state index contributed by atoms with van der Waals surface area (Å²) in [5.74, 6) is -0.737. The Hall–Kier alpha value is -3.04. The van der Waals surface area contributed by atoms with Crippen LogP contribution in [0.3, 0.4) is 0 Å². The van der Waals surface area contributed by atoms with E-state index in [1.54, 1.807) is 36.4 Å². The average Bonchev–Trinajstić information content (AvgIpc) is 2.66. The molecule has 0 atom stereocenters. The van der Waals surface area contributed by atoms with E-state index in [0.29, 0.717) is 11.3 Å². The molecule has 0 saturated heterocycles. The molecule has 0 aliphatic carbocycles. The van der Waals surface area contributed by atoms with Crippen molar-refractivity contribution in [2.75, 3.05) is 0 Å². The van der Waals surface area contributed by atoms with Crippen molar-refractivity contribution >= 4 is 27.8 Å². The number of hydrogen-bond donors (Lipinski definition) is 1. The van der Waals surface area contributed by atoms with Crippen molar-refractivity contribution in [3.05, 3.63) is 77.0 Å². The standard InChI is InChI=1S/C18H14ClFN4O3S/c1-12-2-8-15(9-3-12)28(25,26)24-22-10-13-4-6-14(7-5-13)27-17-16(20)11-21-18(19)23-17/h2-11,24H,1H3. The normalized spacial score (nSPS) is 11.5. The van der Waals surface area contributed by atoms with Crippen molar-refractivity contribution in [1.82, 2.24) is 14.8 Å². The number of sulfonamides is 1. The molecule has 144 valence electrons. The van der Waals surface area contributed by atoms with E-state index in [0.717, 1.165) is 11.8 Å². The summed E-state index contributed by atoms with van der Waals surface area (Å²) in [5, 5.41) is 3.61. The third-order valence-corrected chi connectivity index (χ3v) is 4.92. The predicted molar refractivity (Wildman–Crippen MR) is 103 cm³/mol. The van der Waals surface area contributed by atoms with E-state index < -0.39 is 15.8 Å². The third-order valence-electron chi connectivity index (χ3n) is 3.49. The first-order valence-electron chi connectivity index (χ1n) is 7.91. The van der Waals surface area contributed by atoms with Crippen molar-refractivity contribution in [3.63, 3.8) is 0 Å². The van der Waals surface area contributed by atoms with Gasteiger partial charge in [0.25, 0.3) is 15.9 Å². The maximum absolute atomic E-state index is 13.6. The van der Waals surface area contributed by atoms with Gasteiger partial charge in [-0.25, -0.2) is 9.82 Å². The number of hydrogen-bond acceptors (Lipinski definition) is 6. The fourth-order valence-corrected chi connectivity index (χ4v) is 2.99. The van der Waals surface area contributed by atoms with Crippen molar-refractivity contribution < 1.29 is 17.5 Å². The molecule has 0 radical (unpaired) electrons. The lowest BCUT2D eigenvalue weighted by Gasteiger charge is -2.06. The van der Waals surface area contributed by atoms with E-state index in [1.807, 2.05) is 6.92 Å². The first-order valence-corrected chi connectivity index (χ1v) is 9.77. The highest BCUT2D eigenvalue weighted by Gasteiger charge is 2.12. The molecule has 7 nitrogen and oxygen atoms in total. The summed E-state index contributed by atoms with van der Waals surface area (Å²) in [6, 6.07) is 12.7. The van der Waals surface area contributed by atoms with E-state index in [4.69, 9.17) is 16.3 Å². The molecule has 1 aromatic heterocycles. The molecule has 10 heteroatoms. The van der Waals surface area contributed by atoms with Gasteiger partial charge < -0.3 is 4.74 Å². The minimum atomic E-state index is -3.75. The van der Waals surface area contributed by atoms with Crippen LogP contribution in [0.4, 0.5) is 4.39 Å². The Bertz CT molecular complexity index is 1100. The number of halogens is 2. The van der Waals surface area contributed by atoms with Crippen LogP contribution in [0, 0.1) is 12.7 Å². The molecule has 0 amide bonds. The molecule has 0 unspecified atom stereocenters. The largest absolute Gasteiger partial charge is 0.436 e. The van der Waals surface area contributed by atoms with Gasteiger partial charge in [-0.3, -0.25) is 0 Å². The number of ether oxygens (including phenoxy) is 1. The number of hydrazone groups is 1. The first kappa shape index (κ1) is 19.7. The Morgan fingerprint density at radius 2 is 1.82 bits per heavy atom. The van der Waals surface area contributed by atoms with Gasteiger partial charge in [0.1, 0.15) is 5.75 Å². The number of benzene rings is 2. The molecule has 0 fully saturated rings. The lowest BCUT2D eigenvalue weighted by molar-refractivity contribution is 0.420. The number of nitrogens with zero attached hydrogens (tertiary/aromatic N) is 3. The quantitative estimate of drug-likeness (QED) is 0.373. The van der Waals surface area contributed by atoms with Gasteiger partial charge in [0.05, 0.1) is 17.3 Å². The summed E-state index contributed by atoms with van der Waals surface area (Å²) in [4.78, 5) is 9.41. The Balaban J connectivity index is 1.65. The zero-order valence-corrected chi connectivity index (χ0v) is 16.1. The van der Waals surface area contributed by atoms with Gasteiger partial charge in [0.15, 0.2) is 0 Å². The van der Waals surface area contributed by atoms with Crippen molar-refractivity contribution in [1.29, 1.82) is 0 Å². The molecule has 3 rings (SSSR count). The van der Waals surface area contributed by atoms with Gasteiger partial charge in [0.2, 0.25) is 11.1 Å². The predicted octanol–water partition coefficient (Wildman–Crippen LogP) is 3.68. The van der Waals surface area contributed by atoms with Crippen LogP contribution in [-0.2, 0) is 10.0 Å². The van der Waals surface area contributed by atoms with Gasteiger partial charge in [-0.05, 0) is 60.5 Å². The fourth-order valence-electron chi connectivity index (χ4n) is 2.08. The van der Waals surface area contributed by atoms with Crippen LogP contribution < -0.4 is 9.57 Å². The molecule has 0 bridgehead atoms. The summed E-state index contributed by atoms with van der Waals surface area (Å²) < 4.78 is 43.2. The zero-order chi connectivity index (χ0) is 20.1. The Kier molecular flexibility index (Phi) is 5.86. The molecule has 0 aliphatic heterocycles. The summed E-state index contributed by atoms with van der Waals surface area (Å²) in [5.41, 5.74) is 1.55. The highest BCUT2D eigenvalue weighted by molar-refractivity contribution is 7.89. The van der Waals surface area contributed by atoms with Crippen LogP contribution >= 0.6 is 11.6 Å². The summed E-state index contributed by atoms with van der Waals surface area (Å²) in [6.07, 6.45) is 2.24. The number of aryl methyl sites for hydroxylation is 1. The molecule has 3 aromatic rings. The van der Waals surface area contributed by atoms with Gasteiger partial charge >= 0.3 is 0 Å². The maximum Gasteiger partial charge on any atom is 0.276 e. The molecule has 0 spiro atoms. The Labute approximate surface area is 165 Å². The smallest absolute Gasteiger partial charge is 0.276 e. The summed E-state index contributed by atoms with van der Waals surface area (Å²) >= 11 is 5.61. The number of aromatic nitrogens is 2. The van der Waals surface area contributed by atoms with Crippen molar-refractivity contribution in [2.24, 2.45) is 5.10 Å². The third kappa shape index (κ3) is 5.02. The molecule has 0 saturated carbocycles. The van der Waals surface area contributed by atoms with Gasteiger partial charge in [-0.1, -0.05) is 17.7 Å². The Morgan fingerprint density at radius 3 is 2.50 bits per heavy atom. The lowest BCUT2D eigenvalue weighted by Crippen LogP contribution is -2.18. The number of rotatable bonds is 6. The molecule has 1 heterocycles. The summed E-state index contributed by atoms with van der Waals surface area (Å²) in [6.45, 7) is 1.86. The molecule has 28 heavy (non-hydrogen) atoms. The number of nitrogens with one attached hydrogen (secondary N) is 1. The van der Waals surface area contributed by atoms with Gasteiger partial charge in [0, 0.05) is 0 Å². The molecular formula is C18H14ClFN4O3S. The van der Waals surface area contributed by atoms with Crippen LogP contribution in [0.25, 0.3) is 0 Å². The molecule has 1 N–H and O–H groups in total. The first-order chi connectivity index (χ1) is 13.3. The highest BCUT2D eigenvalue weighted by Crippen LogP contribution is 2.23. The van der Waals surface area contributed by atoms with Gasteiger partial charge in [-0.15, -0.1) is 0 Å². The fraction of sp³-hybridized carbons (Fsp3) is 0.0556. The van der Waals surface area contributed by atoms with Gasteiger partial charge in [-0.2, -0.15) is 22.9 Å². The van der Waals surface area contributed by atoms with Crippen LogP contribution in [0.15, 0.2) is 64.7 Å². The van der Waals surface area contributed by atoms with Crippen molar-refractivity contribution in [2.45, 2.75) is 11.8 Å². The topological polar surface area (TPSA) is 93.5 Å². The second-order valence-electron chi connectivity index (χ2n) is 5.63. The van der Waals surface area contributed by atoms with E-state index in [-0.39, 0.29) is 16.1 Å². The van der Waals surface area contributed by atoms with Crippen LogP contribution in [0.5, 0.6) is 11.6 Å². The minimum Gasteiger partial charge on any atom is -0.436 e. The molecule has 2 aromatic carbocycles. The SMILES string of the molecule is Cc1ccc(S(=O)(=O)NN=Cc2ccc(Oc3nc(Cl)ncc3F)cc2)cc1. The Morgan fingerprint density at radius 1 is 1.14 bits per heavy atom. The second kappa shape index (κ2) is 8.32. The highest BCUT2D eigenvalue weighted by atomic mass is 35.5. The zero-order valence-electron chi connectivity index (χ0n) is 14.5. The molecular weight excluding hydrogens is 407 g/mol. The monoisotopic (exact) mass is 420 g/mol. The summed E-state index contributed by atoms with van der Waals surface area (Å²) in [7, 11) is -3.75. The van der Waals surface area contributed by atoms with Crippen LogP contribution in [0.1, 0.15) is 11.1 Å². The average molecular weight is 421 g/mol. The van der Waals surface area contributed by atoms with E-state index in [1.165, 1.54) is 18.3 Å². The van der Waals surface area contributed by atoms with E-state index in [2.05, 4.69) is 19.9 Å². The van der Waals surface area contributed by atoms with Crippen molar-refractivity contribution in [3.8, 4) is 11.6 Å². The second-order valence-corrected chi connectivity index (χ2v) is 7.63. The molecule has 0 aliphatic rings. The van der Waals surface area contributed by atoms with Crippen LogP contribution in [-0.4, -0.2) is 24.6 Å². The van der Waals surface area contributed by atoms with E-state index >= 15 is 0 Å². The van der Waals surface area contributed by atoms with Crippen LogP contribution in [0.2, 0.25) is 5.28 Å². The maximum atomic E-state index is 13.6. The lowest BCUT2D eigenvalue weighted by atomic mass is 10.2. The minimum absolute atomic E-state index is 0.115. The van der Waals surface area contributed by atoms with E-state index in [9.17, 15) is 12.8 Å².